The van der Waals surface area contributed by atoms with Gasteiger partial charge in [-0.2, -0.15) is 0 Å². The monoisotopic (exact) mass is 325 g/mol. The zero-order valence-corrected chi connectivity index (χ0v) is 12.8. The minimum absolute atomic E-state index is 0.126. The number of amides is 1. The minimum atomic E-state index is -0.714. The van der Waals surface area contributed by atoms with Crippen LogP contribution in [0.5, 0.6) is 11.5 Å². The average Bonchev–Trinajstić information content (AvgIpc) is 2.60. The van der Waals surface area contributed by atoms with E-state index in [1.807, 2.05) is 42.5 Å². The molecule has 3 rings (SSSR count). The van der Waals surface area contributed by atoms with Gasteiger partial charge < -0.3 is 15.2 Å². The van der Waals surface area contributed by atoms with Crippen molar-refractivity contribution < 1.29 is 19.0 Å². The maximum Gasteiger partial charge on any atom is 0.258 e. The van der Waals surface area contributed by atoms with Crippen molar-refractivity contribution >= 4 is 16.7 Å². The van der Waals surface area contributed by atoms with E-state index < -0.39 is 11.6 Å². The second-order valence-electron chi connectivity index (χ2n) is 5.36. The van der Waals surface area contributed by atoms with Crippen molar-refractivity contribution in [1.82, 2.24) is 5.32 Å². The zero-order chi connectivity index (χ0) is 16.9. The molecule has 0 aliphatic heterocycles. The van der Waals surface area contributed by atoms with Crippen molar-refractivity contribution in [3.05, 3.63) is 72.0 Å². The van der Waals surface area contributed by atoms with E-state index in [0.29, 0.717) is 11.3 Å². The average molecular weight is 325 g/mol. The quantitative estimate of drug-likeness (QED) is 0.756. The number of carbonyl (C=O) groups is 1. The molecular weight excluding hydrogens is 309 g/mol. The van der Waals surface area contributed by atoms with E-state index in [0.717, 1.165) is 10.8 Å². The number of nitrogens with one attached hydrogen (secondary N) is 1. The fourth-order valence-electron chi connectivity index (χ4n) is 2.32. The maximum absolute atomic E-state index is 13.2. The molecule has 0 unspecified atom stereocenters. The molecule has 122 valence electrons. The number of aromatic hydroxyl groups is 1. The lowest BCUT2D eigenvalue weighted by Gasteiger charge is -2.09. The van der Waals surface area contributed by atoms with E-state index in [1.165, 1.54) is 12.1 Å². The van der Waals surface area contributed by atoms with Gasteiger partial charge in [-0.15, -0.1) is 0 Å². The Balaban J connectivity index is 1.53. The highest BCUT2D eigenvalue weighted by Crippen LogP contribution is 2.20. The van der Waals surface area contributed by atoms with E-state index in [2.05, 4.69) is 5.32 Å². The van der Waals surface area contributed by atoms with E-state index in [-0.39, 0.29) is 19.1 Å². The molecule has 0 radical (unpaired) electrons. The Hall–Kier alpha value is -3.08. The van der Waals surface area contributed by atoms with Gasteiger partial charge in [0.25, 0.3) is 5.91 Å². The standard InChI is InChI=1S/C19H16FNO3/c20-17-9-13(5-8-18(17)22)11-21-19(23)12-24-16-7-6-14-3-1-2-4-15(14)10-16/h1-10,22H,11-12H2,(H,21,23). The van der Waals surface area contributed by atoms with Crippen LogP contribution in [-0.4, -0.2) is 17.6 Å². The number of ether oxygens (including phenoxy) is 1. The Morgan fingerprint density at radius 3 is 2.62 bits per heavy atom. The molecule has 0 spiro atoms. The van der Waals surface area contributed by atoms with E-state index >= 15 is 0 Å². The molecule has 0 aromatic heterocycles. The molecule has 0 heterocycles. The van der Waals surface area contributed by atoms with Crippen LogP contribution < -0.4 is 10.1 Å². The number of hydrogen-bond donors (Lipinski definition) is 2. The number of carbonyl (C=O) groups excluding carboxylic acids is 1. The molecule has 1 amide bonds. The Kier molecular flexibility index (Phi) is 4.61. The van der Waals surface area contributed by atoms with Crippen molar-refractivity contribution in [2.24, 2.45) is 0 Å². The van der Waals surface area contributed by atoms with Crippen molar-refractivity contribution in [1.29, 1.82) is 0 Å². The SMILES string of the molecule is O=C(COc1ccc2ccccc2c1)NCc1ccc(O)c(F)c1. The second kappa shape index (κ2) is 7.00. The molecule has 0 aliphatic carbocycles. The summed E-state index contributed by atoms with van der Waals surface area (Å²) in [6.45, 7) is 0.0377. The Morgan fingerprint density at radius 2 is 1.83 bits per heavy atom. The van der Waals surface area contributed by atoms with Gasteiger partial charge in [0.1, 0.15) is 5.75 Å². The predicted octanol–water partition coefficient (Wildman–Crippen LogP) is 3.38. The van der Waals surface area contributed by atoms with Gasteiger partial charge in [0.2, 0.25) is 0 Å². The third kappa shape index (κ3) is 3.81. The molecule has 0 fully saturated rings. The van der Waals surface area contributed by atoms with Gasteiger partial charge in [-0.05, 0) is 40.6 Å². The number of halogens is 1. The lowest BCUT2D eigenvalue weighted by molar-refractivity contribution is -0.123. The first-order chi connectivity index (χ1) is 11.6. The summed E-state index contributed by atoms with van der Waals surface area (Å²) < 4.78 is 18.7. The molecular formula is C19H16FNO3. The molecule has 2 N–H and O–H groups in total. The van der Waals surface area contributed by atoms with Crippen LogP contribution in [0, 0.1) is 5.82 Å². The lowest BCUT2D eigenvalue weighted by atomic mass is 10.1. The fourth-order valence-corrected chi connectivity index (χ4v) is 2.32. The van der Waals surface area contributed by atoms with E-state index in [1.54, 1.807) is 6.07 Å². The van der Waals surface area contributed by atoms with Crippen LogP contribution in [0.1, 0.15) is 5.56 Å². The molecule has 3 aromatic rings. The third-order valence-corrected chi connectivity index (χ3v) is 3.59. The fraction of sp³-hybridized carbons (Fsp3) is 0.105. The predicted molar refractivity (Wildman–Crippen MR) is 89.4 cm³/mol. The third-order valence-electron chi connectivity index (χ3n) is 3.59. The van der Waals surface area contributed by atoms with Gasteiger partial charge in [-0.25, -0.2) is 4.39 Å². The van der Waals surface area contributed by atoms with Crippen LogP contribution in [0.2, 0.25) is 0 Å². The highest BCUT2D eigenvalue weighted by molar-refractivity contribution is 5.84. The van der Waals surface area contributed by atoms with Crippen molar-refractivity contribution in [2.45, 2.75) is 6.54 Å². The van der Waals surface area contributed by atoms with Crippen LogP contribution in [0.3, 0.4) is 0 Å². The van der Waals surface area contributed by atoms with Crippen molar-refractivity contribution in [3.63, 3.8) is 0 Å². The molecule has 0 aliphatic rings. The van der Waals surface area contributed by atoms with Gasteiger partial charge in [-0.1, -0.05) is 36.4 Å². The Morgan fingerprint density at radius 1 is 1.04 bits per heavy atom. The van der Waals surface area contributed by atoms with Crippen molar-refractivity contribution in [3.8, 4) is 11.5 Å². The first-order valence-corrected chi connectivity index (χ1v) is 7.47. The number of phenolic OH excluding ortho intramolecular Hbond substituents is 1. The smallest absolute Gasteiger partial charge is 0.258 e. The largest absolute Gasteiger partial charge is 0.505 e. The molecule has 3 aromatic carbocycles. The second-order valence-corrected chi connectivity index (χ2v) is 5.36. The Labute approximate surface area is 138 Å². The van der Waals surface area contributed by atoms with Crippen molar-refractivity contribution in [2.75, 3.05) is 6.61 Å². The molecule has 0 atom stereocenters. The number of benzene rings is 3. The summed E-state index contributed by atoms with van der Waals surface area (Å²) in [5.41, 5.74) is 0.560. The van der Waals surface area contributed by atoms with Crippen LogP contribution in [-0.2, 0) is 11.3 Å². The van der Waals surface area contributed by atoms with Crippen LogP contribution in [0.4, 0.5) is 4.39 Å². The molecule has 0 saturated carbocycles. The zero-order valence-electron chi connectivity index (χ0n) is 12.8. The van der Waals surface area contributed by atoms with Gasteiger partial charge in [0.05, 0.1) is 0 Å². The highest BCUT2D eigenvalue weighted by atomic mass is 19.1. The number of fused-ring (bicyclic) bond motifs is 1. The summed E-state index contributed by atoms with van der Waals surface area (Å²) in [5.74, 6) is -0.824. The number of phenols is 1. The normalized spacial score (nSPS) is 10.5. The number of rotatable bonds is 5. The summed E-state index contributed by atoms with van der Waals surface area (Å²) in [6, 6.07) is 17.5. The molecule has 0 bridgehead atoms. The molecule has 0 saturated heterocycles. The highest BCUT2D eigenvalue weighted by Gasteiger charge is 2.06. The molecule has 4 nitrogen and oxygen atoms in total. The van der Waals surface area contributed by atoms with Gasteiger partial charge in [0.15, 0.2) is 18.2 Å². The first kappa shape index (κ1) is 15.8. The van der Waals surface area contributed by atoms with Crippen LogP contribution in [0.25, 0.3) is 10.8 Å². The lowest BCUT2D eigenvalue weighted by Crippen LogP contribution is -2.28. The number of hydrogen-bond acceptors (Lipinski definition) is 3. The molecule has 24 heavy (non-hydrogen) atoms. The van der Waals surface area contributed by atoms with Gasteiger partial charge in [-0.3, -0.25) is 4.79 Å². The van der Waals surface area contributed by atoms with Gasteiger partial charge >= 0.3 is 0 Å². The topological polar surface area (TPSA) is 58.6 Å². The first-order valence-electron chi connectivity index (χ1n) is 7.47. The summed E-state index contributed by atoms with van der Waals surface area (Å²) >= 11 is 0. The van der Waals surface area contributed by atoms with E-state index in [4.69, 9.17) is 9.84 Å². The van der Waals surface area contributed by atoms with E-state index in [9.17, 15) is 9.18 Å². The summed E-state index contributed by atoms with van der Waals surface area (Å²) in [6.07, 6.45) is 0. The summed E-state index contributed by atoms with van der Waals surface area (Å²) in [5, 5.41) is 13.9. The minimum Gasteiger partial charge on any atom is -0.505 e. The summed E-state index contributed by atoms with van der Waals surface area (Å²) in [4.78, 5) is 11.8. The maximum atomic E-state index is 13.2. The molecule has 5 heteroatoms. The van der Waals surface area contributed by atoms with Gasteiger partial charge in [0, 0.05) is 6.54 Å². The van der Waals surface area contributed by atoms with Crippen LogP contribution >= 0.6 is 0 Å². The van der Waals surface area contributed by atoms with Crippen LogP contribution in [0.15, 0.2) is 60.7 Å². The summed E-state index contributed by atoms with van der Waals surface area (Å²) in [7, 11) is 0. The Bertz CT molecular complexity index is 879.